The molecule has 0 spiro atoms. The molecule has 1 aromatic heterocycles. The number of fused-ring (bicyclic) bond motifs is 1. The molecule has 26 heavy (non-hydrogen) atoms. The maximum atomic E-state index is 6.16. The molecule has 6 nitrogen and oxygen atoms in total. The zero-order chi connectivity index (χ0) is 18.3. The molecule has 136 valence electrons. The van der Waals surface area contributed by atoms with E-state index >= 15 is 0 Å². The molecule has 2 aromatic carbocycles. The molecule has 2 heterocycles. The fourth-order valence-electron chi connectivity index (χ4n) is 3.03. The average molecular weight is 393 g/mol. The summed E-state index contributed by atoms with van der Waals surface area (Å²) >= 11 is 12.2. The molecule has 0 bridgehead atoms. The molecule has 1 N–H and O–H groups in total. The molecule has 0 radical (unpaired) electrons. The predicted molar refractivity (Wildman–Crippen MR) is 102 cm³/mol. The van der Waals surface area contributed by atoms with Crippen LogP contribution in [0.25, 0.3) is 11.0 Å². The fraction of sp³-hybridized carbons (Fsp3) is 0.333. The first kappa shape index (κ1) is 17.5. The van der Waals surface area contributed by atoms with Gasteiger partial charge in [0.05, 0.1) is 22.2 Å². The highest BCUT2D eigenvalue weighted by Gasteiger charge is 2.39. The van der Waals surface area contributed by atoms with Gasteiger partial charge in [-0.3, -0.25) is 0 Å². The molecule has 0 saturated carbocycles. The van der Waals surface area contributed by atoms with Crippen LogP contribution in [0, 0.1) is 0 Å². The van der Waals surface area contributed by atoms with Gasteiger partial charge in [-0.05, 0) is 44.2 Å². The molecule has 1 aliphatic rings. The van der Waals surface area contributed by atoms with Crippen LogP contribution in [0.5, 0.6) is 0 Å². The second-order valence-electron chi connectivity index (χ2n) is 6.61. The number of benzene rings is 2. The van der Waals surface area contributed by atoms with Gasteiger partial charge in [0.15, 0.2) is 12.0 Å². The SMILES string of the molecule is CC1(C)OC[C@H](C(Nc2ccc(Cl)c(Cl)c2)n2nnc3ccccc32)O1. The minimum Gasteiger partial charge on any atom is -0.361 e. The zero-order valence-electron chi connectivity index (χ0n) is 14.3. The Morgan fingerprint density at radius 3 is 2.73 bits per heavy atom. The smallest absolute Gasteiger partial charge is 0.163 e. The summed E-state index contributed by atoms with van der Waals surface area (Å²) in [5, 5.41) is 13.0. The standard InChI is InChI=1S/C18H18Cl2N4O2/c1-18(2)25-10-16(26-18)17(21-11-7-8-12(19)13(20)9-11)24-15-6-4-3-5-14(15)22-23-24/h3-9,16-17,21H,10H2,1-2H3/t16-,17?/m1/s1. The number of para-hydroxylation sites is 1. The molecule has 0 aliphatic carbocycles. The molecular weight excluding hydrogens is 375 g/mol. The predicted octanol–water partition coefficient (Wildman–Crippen LogP) is 4.50. The molecule has 1 fully saturated rings. The van der Waals surface area contributed by atoms with E-state index in [4.69, 9.17) is 32.7 Å². The Morgan fingerprint density at radius 1 is 1.19 bits per heavy atom. The van der Waals surface area contributed by atoms with E-state index in [9.17, 15) is 0 Å². The monoisotopic (exact) mass is 392 g/mol. The number of anilines is 1. The fourth-order valence-corrected chi connectivity index (χ4v) is 3.33. The number of ether oxygens (including phenoxy) is 2. The van der Waals surface area contributed by atoms with E-state index in [1.54, 1.807) is 12.1 Å². The van der Waals surface area contributed by atoms with Crippen LogP contribution in [0.15, 0.2) is 42.5 Å². The molecular formula is C18H18Cl2N4O2. The molecule has 3 aromatic rings. The highest BCUT2D eigenvalue weighted by Crippen LogP contribution is 2.33. The summed E-state index contributed by atoms with van der Waals surface area (Å²) in [6.45, 7) is 4.21. The van der Waals surface area contributed by atoms with E-state index in [1.807, 2.05) is 48.9 Å². The normalized spacial score (nSPS) is 20.4. The number of halogens is 2. The largest absolute Gasteiger partial charge is 0.361 e. The second-order valence-corrected chi connectivity index (χ2v) is 7.42. The summed E-state index contributed by atoms with van der Waals surface area (Å²) in [5.41, 5.74) is 2.52. The van der Waals surface area contributed by atoms with Crippen LogP contribution in [0.3, 0.4) is 0 Å². The van der Waals surface area contributed by atoms with Gasteiger partial charge in [-0.25, -0.2) is 4.68 Å². The minimum absolute atomic E-state index is 0.260. The summed E-state index contributed by atoms with van der Waals surface area (Å²) < 4.78 is 13.6. The number of nitrogens with zero attached hydrogens (tertiary/aromatic N) is 3. The van der Waals surface area contributed by atoms with Crippen molar-refractivity contribution < 1.29 is 9.47 Å². The first-order valence-electron chi connectivity index (χ1n) is 8.26. The van der Waals surface area contributed by atoms with Crippen LogP contribution in [-0.2, 0) is 9.47 Å². The van der Waals surface area contributed by atoms with E-state index in [0.717, 1.165) is 16.7 Å². The summed E-state index contributed by atoms with van der Waals surface area (Å²) in [7, 11) is 0. The summed E-state index contributed by atoms with van der Waals surface area (Å²) in [6.07, 6.45) is -0.592. The lowest BCUT2D eigenvalue weighted by Crippen LogP contribution is -2.34. The number of nitrogens with one attached hydrogen (secondary N) is 1. The van der Waals surface area contributed by atoms with Gasteiger partial charge in [0.2, 0.25) is 0 Å². The van der Waals surface area contributed by atoms with E-state index in [1.165, 1.54) is 0 Å². The topological polar surface area (TPSA) is 61.2 Å². The second kappa shape index (κ2) is 6.70. The first-order valence-corrected chi connectivity index (χ1v) is 9.02. The van der Waals surface area contributed by atoms with Crippen molar-refractivity contribution >= 4 is 39.9 Å². The highest BCUT2D eigenvalue weighted by molar-refractivity contribution is 6.42. The summed E-state index contributed by atoms with van der Waals surface area (Å²) in [5.74, 6) is -0.654. The van der Waals surface area contributed by atoms with E-state index in [0.29, 0.717) is 16.7 Å². The van der Waals surface area contributed by atoms with Crippen molar-refractivity contribution in [3.05, 3.63) is 52.5 Å². The summed E-state index contributed by atoms with van der Waals surface area (Å²) in [4.78, 5) is 0. The lowest BCUT2D eigenvalue weighted by atomic mass is 10.2. The van der Waals surface area contributed by atoms with Crippen LogP contribution in [0.4, 0.5) is 5.69 Å². The van der Waals surface area contributed by atoms with Gasteiger partial charge < -0.3 is 14.8 Å². The molecule has 0 amide bonds. The highest BCUT2D eigenvalue weighted by atomic mass is 35.5. The molecule has 8 heteroatoms. The lowest BCUT2D eigenvalue weighted by molar-refractivity contribution is -0.142. The van der Waals surface area contributed by atoms with Crippen LogP contribution in [0.2, 0.25) is 10.0 Å². The Morgan fingerprint density at radius 2 is 2.00 bits per heavy atom. The van der Waals surface area contributed by atoms with Crippen LogP contribution >= 0.6 is 23.2 Å². The van der Waals surface area contributed by atoms with Crippen LogP contribution in [-0.4, -0.2) is 33.5 Å². The minimum atomic E-state index is -0.654. The van der Waals surface area contributed by atoms with E-state index < -0.39 is 5.79 Å². The van der Waals surface area contributed by atoms with Crippen LogP contribution in [0.1, 0.15) is 20.0 Å². The third-order valence-electron chi connectivity index (χ3n) is 4.26. The third-order valence-corrected chi connectivity index (χ3v) is 5.00. The van der Waals surface area contributed by atoms with Gasteiger partial charge in [0.25, 0.3) is 0 Å². The van der Waals surface area contributed by atoms with Gasteiger partial charge in [-0.1, -0.05) is 40.5 Å². The van der Waals surface area contributed by atoms with Gasteiger partial charge >= 0.3 is 0 Å². The quantitative estimate of drug-likeness (QED) is 0.707. The van der Waals surface area contributed by atoms with Crippen molar-refractivity contribution in [1.29, 1.82) is 0 Å². The first-order chi connectivity index (χ1) is 12.4. The number of hydrogen-bond donors (Lipinski definition) is 1. The average Bonchev–Trinajstić information content (AvgIpc) is 3.19. The molecule has 4 rings (SSSR count). The lowest BCUT2D eigenvalue weighted by Gasteiger charge is -2.26. The zero-order valence-corrected chi connectivity index (χ0v) is 15.8. The molecule has 1 unspecified atom stereocenters. The van der Waals surface area contributed by atoms with Crippen LogP contribution < -0.4 is 5.32 Å². The van der Waals surface area contributed by atoms with Gasteiger partial charge in [0, 0.05) is 5.69 Å². The Kier molecular flexibility index (Phi) is 4.52. The number of hydrogen-bond acceptors (Lipinski definition) is 5. The molecule has 2 atom stereocenters. The number of rotatable bonds is 4. The van der Waals surface area contributed by atoms with Crippen molar-refractivity contribution in [2.24, 2.45) is 0 Å². The van der Waals surface area contributed by atoms with Crippen molar-refractivity contribution in [2.75, 3.05) is 11.9 Å². The number of aromatic nitrogens is 3. The van der Waals surface area contributed by atoms with Crippen molar-refractivity contribution in [3.8, 4) is 0 Å². The van der Waals surface area contributed by atoms with Gasteiger partial charge in [0.1, 0.15) is 11.6 Å². The third kappa shape index (κ3) is 3.38. The molecule has 1 saturated heterocycles. The maximum Gasteiger partial charge on any atom is 0.163 e. The van der Waals surface area contributed by atoms with Crippen molar-refractivity contribution in [2.45, 2.75) is 31.9 Å². The Balaban J connectivity index is 1.73. The Bertz CT molecular complexity index is 944. The van der Waals surface area contributed by atoms with E-state index in [2.05, 4.69) is 15.6 Å². The Labute approximate surface area is 161 Å². The van der Waals surface area contributed by atoms with Crippen molar-refractivity contribution in [1.82, 2.24) is 15.0 Å². The van der Waals surface area contributed by atoms with Gasteiger partial charge in [-0.2, -0.15) is 0 Å². The van der Waals surface area contributed by atoms with E-state index in [-0.39, 0.29) is 12.3 Å². The maximum absolute atomic E-state index is 6.16. The van der Waals surface area contributed by atoms with Gasteiger partial charge in [-0.15, -0.1) is 5.10 Å². The summed E-state index contributed by atoms with van der Waals surface area (Å²) in [6, 6.07) is 13.2. The van der Waals surface area contributed by atoms with Crippen molar-refractivity contribution in [3.63, 3.8) is 0 Å². The molecule has 1 aliphatic heterocycles. The Hall–Kier alpha value is -1.86.